The third-order valence-electron chi connectivity index (χ3n) is 4.83. The number of likely N-dealkylation sites (tertiary alicyclic amines) is 1. The Hall–Kier alpha value is -2.69. The highest BCUT2D eigenvalue weighted by atomic mass is 19.1. The average molecular weight is 386 g/mol. The molecule has 0 amide bonds. The first-order chi connectivity index (χ1) is 13.5. The minimum atomic E-state index is -0.997. The van der Waals surface area contributed by atoms with Crippen molar-refractivity contribution in [1.29, 1.82) is 0 Å². The van der Waals surface area contributed by atoms with Crippen molar-refractivity contribution in [2.45, 2.75) is 25.1 Å². The summed E-state index contributed by atoms with van der Waals surface area (Å²) >= 11 is 0. The number of aromatic nitrogens is 2. The molecule has 2 aromatic carbocycles. The van der Waals surface area contributed by atoms with Gasteiger partial charge in [0.2, 0.25) is 11.7 Å². The largest absolute Gasteiger partial charge is 0.595 e. The fourth-order valence-electron chi connectivity index (χ4n) is 3.48. The van der Waals surface area contributed by atoms with Crippen molar-refractivity contribution in [3.05, 3.63) is 71.0 Å². The highest BCUT2D eigenvalue weighted by molar-refractivity contribution is 5.53. The van der Waals surface area contributed by atoms with Crippen LogP contribution in [0.25, 0.3) is 11.4 Å². The van der Waals surface area contributed by atoms with E-state index in [-0.39, 0.29) is 17.5 Å². The molecular weight excluding hydrogens is 367 g/mol. The molecule has 0 spiro atoms. The van der Waals surface area contributed by atoms with Gasteiger partial charge in [0, 0.05) is 30.3 Å². The summed E-state index contributed by atoms with van der Waals surface area (Å²) in [7, 11) is 0. The second kappa shape index (κ2) is 7.74. The van der Waals surface area contributed by atoms with Crippen LogP contribution in [0.15, 0.2) is 53.1 Å². The van der Waals surface area contributed by atoms with Crippen molar-refractivity contribution in [2.24, 2.45) is 0 Å². The highest BCUT2D eigenvalue weighted by Crippen LogP contribution is 2.34. The highest BCUT2D eigenvalue weighted by Gasteiger charge is 2.36. The SMILES string of the molecule is [O-][NH+](O)c1ccccc1CN1C[C@H](O)C[C@H]1c1nc(-c2ccc(F)cc2)no1. The third kappa shape index (κ3) is 3.79. The lowest BCUT2D eigenvalue weighted by atomic mass is 10.1. The van der Waals surface area contributed by atoms with Gasteiger partial charge in [0.1, 0.15) is 5.82 Å². The van der Waals surface area contributed by atoms with E-state index in [0.29, 0.717) is 42.4 Å². The van der Waals surface area contributed by atoms with Crippen molar-refractivity contribution in [2.75, 3.05) is 6.54 Å². The predicted octanol–water partition coefficient (Wildman–Crippen LogP) is 1.59. The number of aliphatic hydroxyl groups is 1. The van der Waals surface area contributed by atoms with Crippen molar-refractivity contribution in [1.82, 2.24) is 15.0 Å². The van der Waals surface area contributed by atoms with Gasteiger partial charge in [0.25, 0.3) is 0 Å². The summed E-state index contributed by atoms with van der Waals surface area (Å²) in [6, 6.07) is 12.2. The number of hydrogen-bond donors (Lipinski definition) is 3. The zero-order valence-corrected chi connectivity index (χ0v) is 14.8. The molecule has 0 aliphatic carbocycles. The van der Waals surface area contributed by atoms with E-state index in [1.165, 1.54) is 12.1 Å². The molecule has 1 unspecified atom stereocenters. The molecule has 28 heavy (non-hydrogen) atoms. The molecule has 1 saturated heterocycles. The van der Waals surface area contributed by atoms with Crippen LogP contribution in [0.5, 0.6) is 0 Å². The maximum atomic E-state index is 13.1. The van der Waals surface area contributed by atoms with E-state index in [1.807, 2.05) is 4.90 Å². The molecule has 4 rings (SSSR count). The van der Waals surface area contributed by atoms with Crippen LogP contribution in [0.3, 0.4) is 0 Å². The number of hydrogen-bond acceptors (Lipinski definition) is 7. The van der Waals surface area contributed by atoms with E-state index in [0.717, 1.165) is 0 Å². The molecule has 1 aromatic heterocycles. The van der Waals surface area contributed by atoms with E-state index >= 15 is 0 Å². The molecule has 0 radical (unpaired) electrons. The Kier molecular flexibility index (Phi) is 5.16. The van der Waals surface area contributed by atoms with Gasteiger partial charge in [-0.25, -0.2) is 9.60 Å². The Balaban J connectivity index is 1.58. The second-order valence-electron chi connectivity index (χ2n) is 6.76. The summed E-state index contributed by atoms with van der Waals surface area (Å²) in [5.41, 5.74) is 1.49. The van der Waals surface area contributed by atoms with Crippen LogP contribution in [0.2, 0.25) is 0 Å². The molecule has 8 nitrogen and oxygen atoms in total. The van der Waals surface area contributed by atoms with E-state index < -0.39 is 11.3 Å². The van der Waals surface area contributed by atoms with E-state index in [4.69, 9.17) is 4.52 Å². The lowest BCUT2D eigenvalue weighted by molar-refractivity contribution is -0.991. The Morgan fingerprint density at radius 1 is 1.21 bits per heavy atom. The van der Waals surface area contributed by atoms with E-state index in [2.05, 4.69) is 10.1 Å². The number of rotatable bonds is 5. The van der Waals surface area contributed by atoms with Crippen LogP contribution in [-0.4, -0.2) is 38.0 Å². The fraction of sp³-hybridized carbons (Fsp3) is 0.263. The molecule has 1 fully saturated rings. The number of nitrogens with one attached hydrogen (secondary N) is 1. The Labute approximate surface area is 160 Å². The molecule has 1 aliphatic rings. The summed E-state index contributed by atoms with van der Waals surface area (Å²) in [6.07, 6.45) is -0.177. The number of para-hydroxylation sites is 1. The minimum Gasteiger partial charge on any atom is -0.595 e. The first kappa shape index (κ1) is 18.7. The molecule has 3 atom stereocenters. The topological polar surface area (TPSA) is 110 Å². The van der Waals surface area contributed by atoms with Crippen molar-refractivity contribution in [3.63, 3.8) is 0 Å². The van der Waals surface area contributed by atoms with Gasteiger partial charge in [0.15, 0.2) is 5.69 Å². The summed E-state index contributed by atoms with van der Waals surface area (Å²) in [6.45, 7) is 0.700. The Morgan fingerprint density at radius 3 is 2.71 bits per heavy atom. The molecule has 3 N–H and O–H groups in total. The summed E-state index contributed by atoms with van der Waals surface area (Å²) in [4.78, 5) is 6.33. The number of nitrogens with zero attached hydrogens (tertiary/aromatic N) is 3. The first-order valence-corrected chi connectivity index (χ1v) is 8.84. The maximum Gasteiger partial charge on any atom is 0.244 e. The van der Waals surface area contributed by atoms with Crippen LogP contribution in [0, 0.1) is 11.0 Å². The number of benzene rings is 2. The van der Waals surface area contributed by atoms with Crippen LogP contribution >= 0.6 is 0 Å². The van der Waals surface area contributed by atoms with Crippen LogP contribution in [0.4, 0.5) is 10.1 Å². The number of β-amino-alcohol motifs (C(OH)–C–C–N with tert-alkyl or cyclic N) is 1. The van der Waals surface area contributed by atoms with Crippen LogP contribution < -0.4 is 5.23 Å². The Bertz CT molecular complexity index is 947. The minimum absolute atomic E-state index is 0.222. The normalized spacial score (nSPS) is 21.1. The average Bonchev–Trinajstić information content (AvgIpc) is 3.29. The van der Waals surface area contributed by atoms with Crippen molar-refractivity contribution >= 4 is 5.69 Å². The van der Waals surface area contributed by atoms with Gasteiger partial charge in [0.05, 0.1) is 12.1 Å². The summed E-state index contributed by atoms with van der Waals surface area (Å²) in [5, 5.41) is 34.0. The molecule has 3 aromatic rings. The number of halogens is 1. The first-order valence-electron chi connectivity index (χ1n) is 8.84. The second-order valence-corrected chi connectivity index (χ2v) is 6.76. The van der Waals surface area contributed by atoms with Gasteiger partial charge < -0.3 is 14.8 Å². The van der Waals surface area contributed by atoms with Crippen molar-refractivity contribution < 1.29 is 24.5 Å². The summed E-state index contributed by atoms with van der Waals surface area (Å²) < 4.78 is 18.5. The fourth-order valence-corrected chi connectivity index (χ4v) is 3.48. The van der Waals surface area contributed by atoms with Crippen LogP contribution in [0.1, 0.15) is 23.9 Å². The van der Waals surface area contributed by atoms with Gasteiger partial charge in [-0.05, 0) is 30.7 Å². The lowest BCUT2D eigenvalue weighted by Gasteiger charge is -2.23. The molecule has 0 bridgehead atoms. The lowest BCUT2D eigenvalue weighted by Crippen LogP contribution is -2.99. The quantitative estimate of drug-likeness (QED) is 0.571. The smallest absolute Gasteiger partial charge is 0.244 e. The van der Waals surface area contributed by atoms with Gasteiger partial charge in [-0.1, -0.05) is 23.4 Å². The molecule has 9 heteroatoms. The number of aliphatic hydroxyl groups excluding tert-OH is 1. The maximum absolute atomic E-state index is 13.1. The molecule has 1 aliphatic heterocycles. The zero-order chi connectivity index (χ0) is 19.7. The Morgan fingerprint density at radius 2 is 1.96 bits per heavy atom. The standard InChI is InChI=1S/C19H19FN4O4/c20-14-7-5-12(6-8-14)18-21-19(28-22-18)17-9-15(25)11-23(17)10-13-3-1-2-4-16(13)24(26)27/h1-8,15,17,24-26H,9-11H2/t15-,17+/m1/s1. The van der Waals surface area contributed by atoms with E-state index in [9.17, 15) is 19.9 Å². The van der Waals surface area contributed by atoms with Gasteiger partial charge in [-0.2, -0.15) is 10.2 Å². The third-order valence-corrected chi connectivity index (χ3v) is 4.83. The van der Waals surface area contributed by atoms with Gasteiger partial charge in [-0.3, -0.25) is 4.90 Å². The zero-order valence-electron chi connectivity index (χ0n) is 14.8. The molecular formula is C19H19FN4O4. The molecule has 146 valence electrons. The van der Waals surface area contributed by atoms with Gasteiger partial charge >= 0.3 is 0 Å². The van der Waals surface area contributed by atoms with Gasteiger partial charge in [-0.15, -0.1) is 0 Å². The molecule has 0 saturated carbocycles. The predicted molar refractivity (Wildman–Crippen MR) is 95.7 cm³/mol. The monoisotopic (exact) mass is 386 g/mol. The summed E-state index contributed by atoms with van der Waals surface area (Å²) in [5.74, 6) is 0.320. The molecule has 2 heterocycles. The van der Waals surface area contributed by atoms with Crippen molar-refractivity contribution in [3.8, 4) is 11.4 Å². The number of quaternary nitrogens is 1. The van der Waals surface area contributed by atoms with E-state index in [1.54, 1.807) is 36.4 Å². The van der Waals surface area contributed by atoms with Crippen LogP contribution in [-0.2, 0) is 6.54 Å².